The smallest absolute Gasteiger partial charge is 0.320 e. The normalized spacial score (nSPS) is 12.2. The van der Waals surface area contributed by atoms with Gasteiger partial charge in [-0.2, -0.15) is 0 Å². The van der Waals surface area contributed by atoms with Gasteiger partial charge in [0.1, 0.15) is 36.3 Å². The molecule has 444 valence electrons. The van der Waals surface area contributed by atoms with E-state index in [2.05, 4.69) is 59.8 Å². The number of hydrogen-bond acceptors (Lipinski definition) is 22. The molecule has 80 heavy (non-hydrogen) atoms. The molecule has 0 aromatic carbocycles. The zero-order valence-corrected chi connectivity index (χ0v) is 42.9. The molecular weight excluding hydrogens is 1120 g/mol. The van der Waals surface area contributed by atoms with Crippen molar-refractivity contribution in [3.8, 4) is 0 Å². The number of H-pyrrole nitrogens is 6. The Hall–Kier alpha value is -9.30. The zero-order valence-electron chi connectivity index (χ0n) is 41.9. The number of nitrogens with one attached hydrogen (secondary N) is 6. The molecule has 6 aromatic heterocycles. The van der Waals surface area contributed by atoms with Crippen molar-refractivity contribution in [1.82, 2.24) is 64.7 Å². The van der Waals surface area contributed by atoms with Crippen LogP contribution in [0.1, 0.15) is 34.2 Å². The van der Waals surface area contributed by atoms with Gasteiger partial charge in [-0.3, -0.25) is 48.1 Å². The van der Waals surface area contributed by atoms with Gasteiger partial charge in [-0.15, -0.1) is 0 Å². The Morgan fingerprint density at radius 3 is 0.550 bits per heavy atom. The Morgan fingerprint density at radius 1 is 0.325 bits per heavy atom. The number of carboxylic acids is 9. The molecule has 6 rings (SSSR count). The van der Waals surface area contributed by atoms with Crippen molar-refractivity contribution in [3.05, 3.63) is 109 Å². The van der Waals surface area contributed by atoms with Gasteiger partial charge in [0, 0.05) is 92.2 Å². The van der Waals surface area contributed by atoms with E-state index >= 15 is 0 Å². The molecule has 38 heteroatoms. The molecule has 6 atom stereocenters. The van der Waals surface area contributed by atoms with Gasteiger partial charge in [0.15, 0.2) is 0 Å². The van der Waals surface area contributed by atoms with Gasteiger partial charge in [-0.05, 0) is 0 Å². The number of carbonyl (C=O) groups is 9. The predicted octanol–water partition coefficient (Wildman–Crippen LogP) is -5.28. The van der Waals surface area contributed by atoms with Crippen molar-refractivity contribution in [2.24, 2.45) is 34.4 Å². The Bertz CT molecular complexity index is 2200. The van der Waals surface area contributed by atoms with E-state index in [1.807, 2.05) is 0 Å². The quantitative estimate of drug-likeness (QED) is 0.0252. The van der Waals surface area contributed by atoms with Crippen molar-refractivity contribution >= 4 is 53.7 Å². The Labute approximate surface area is 461 Å². The minimum atomic E-state index is -1.26. The summed E-state index contributed by atoms with van der Waals surface area (Å²) < 4.78 is 0. The first-order valence-corrected chi connectivity index (χ1v) is 22.2. The van der Waals surface area contributed by atoms with Crippen molar-refractivity contribution in [2.45, 2.75) is 74.8 Å². The first kappa shape index (κ1) is 72.8. The van der Waals surface area contributed by atoms with Crippen LogP contribution in [0.2, 0.25) is 0 Å². The van der Waals surface area contributed by atoms with Crippen LogP contribution in [-0.2, 0) is 98.2 Å². The molecule has 0 aliphatic carbocycles. The third-order valence-corrected chi connectivity index (χ3v) is 8.88. The summed E-state index contributed by atoms with van der Waals surface area (Å²) in [6, 6.07) is -5.18. The van der Waals surface area contributed by atoms with Crippen molar-refractivity contribution in [1.29, 1.82) is 0 Å². The summed E-state index contributed by atoms with van der Waals surface area (Å²) in [6.07, 6.45) is 20.3. The summed E-state index contributed by atoms with van der Waals surface area (Å²) in [5, 5.41) is 75.4. The molecular formula is C42H63N19NiO18. The van der Waals surface area contributed by atoms with E-state index in [0.717, 1.165) is 4.90 Å². The number of aromatic amines is 6. The first-order valence-electron chi connectivity index (χ1n) is 22.2. The molecule has 37 nitrogen and oxygen atoms in total. The Morgan fingerprint density at radius 2 is 0.463 bits per heavy atom. The number of carboxylic acid groups (broad SMARTS) is 9. The van der Waals surface area contributed by atoms with Crippen LogP contribution in [0.3, 0.4) is 0 Å². The van der Waals surface area contributed by atoms with Crippen LogP contribution in [0.5, 0.6) is 0 Å². The van der Waals surface area contributed by atoms with Gasteiger partial charge in [0.2, 0.25) is 0 Å². The number of aliphatic carboxylic acids is 9. The molecule has 6 heterocycles. The first-order chi connectivity index (χ1) is 37.1. The second-order valence-corrected chi connectivity index (χ2v) is 15.6. The molecule has 6 aromatic rings. The Balaban J connectivity index is 0. The van der Waals surface area contributed by atoms with Crippen LogP contribution < -0.4 is 34.4 Å². The van der Waals surface area contributed by atoms with Crippen LogP contribution in [0.25, 0.3) is 0 Å². The van der Waals surface area contributed by atoms with Crippen LogP contribution in [-0.4, -0.2) is 220 Å². The second-order valence-electron chi connectivity index (χ2n) is 15.6. The molecule has 0 spiro atoms. The summed E-state index contributed by atoms with van der Waals surface area (Å²) in [7, 11) is 0. The molecule has 0 saturated heterocycles. The van der Waals surface area contributed by atoms with E-state index in [1.165, 1.54) is 38.0 Å². The summed E-state index contributed by atoms with van der Waals surface area (Å²) in [4.78, 5) is 132. The number of nitrogens with zero attached hydrogens (tertiary/aromatic N) is 7. The van der Waals surface area contributed by atoms with Crippen molar-refractivity contribution in [3.63, 3.8) is 0 Å². The molecule has 6 unspecified atom stereocenters. The second kappa shape index (κ2) is 40.9. The third-order valence-electron chi connectivity index (χ3n) is 8.88. The van der Waals surface area contributed by atoms with Gasteiger partial charge in [0.05, 0.1) is 91.8 Å². The van der Waals surface area contributed by atoms with E-state index in [-0.39, 0.29) is 55.0 Å². The average molecular weight is 1180 g/mol. The summed E-state index contributed by atoms with van der Waals surface area (Å²) in [5.74, 6) is -9.82. The third kappa shape index (κ3) is 36.6. The summed E-state index contributed by atoms with van der Waals surface area (Å²) in [6.45, 7) is -1.80. The van der Waals surface area contributed by atoms with Crippen LogP contribution in [0, 0.1) is 0 Å². The predicted molar refractivity (Wildman–Crippen MR) is 267 cm³/mol. The SMILES string of the molecule is NC(Cc1c[nH]cn1)C(=O)O.NC(Cc1c[nH]cn1)C(=O)O.NC(Cc1c[nH]cn1)C(=O)O.NC(Cc1c[nH]cn1)C(=O)O.NC(Cc1c[nH]cn1)C(=O)O.NC(Cc1c[nH]cn1)C(=O)O.O=C(O)CN(CC(=O)O)CC(=O)O.[Ni]. The van der Waals surface area contributed by atoms with Crippen molar-refractivity contribution < 1.29 is 106 Å². The summed E-state index contributed by atoms with van der Waals surface area (Å²) in [5.41, 5.74) is 35.5. The van der Waals surface area contributed by atoms with E-state index in [0.29, 0.717) is 34.2 Å². The number of imidazole rings is 6. The molecule has 0 aliphatic heterocycles. The molecule has 0 bridgehead atoms. The summed E-state index contributed by atoms with van der Waals surface area (Å²) >= 11 is 0. The minimum Gasteiger partial charge on any atom is -0.480 e. The number of nitrogens with two attached hydrogens (primary N) is 6. The number of rotatable bonds is 24. The van der Waals surface area contributed by atoms with E-state index in [9.17, 15) is 43.2 Å². The number of hydrogen-bond donors (Lipinski definition) is 21. The largest absolute Gasteiger partial charge is 0.480 e. The monoisotopic (exact) mass is 1180 g/mol. The van der Waals surface area contributed by atoms with Crippen LogP contribution in [0.15, 0.2) is 75.1 Å². The van der Waals surface area contributed by atoms with Crippen LogP contribution >= 0.6 is 0 Å². The fraction of sp³-hybridized carbons (Fsp3) is 0.357. The minimum absolute atomic E-state index is 0. The van der Waals surface area contributed by atoms with Crippen LogP contribution in [0.4, 0.5) is 0 Å². The van der Waals surface area contributed by atoms with E-state index in [1.54, 1.807) is 37.2 Å². The Kier molecular flexibility index (Phi) is 37.2. The van der Waals surface area contributed by atoms with E-state index < -0.39 is 110 Å². The fourth-order valence-electron chi connectivity index (χ4n) is 5.03. The van der Waals surface area contributed by atoms with Crippen molar-refractivity contribution in [2.75, 3.05) is 19.6 Å². The molecule has 0 saturated carbocycles. The average Bonchev–Trinajstić information content (AvgIpc) is 4.22. The van der Waals surface area contributed by atoms with Gasteiger partial charge in [-0.25, -0.2) is 29.9 Å². The zero-order chi connectivity index (χ0) is 60.0. The molecule has 0 fully saturated rings. The maximum atomic E-state index is 10.3. The molecule has 0 amide bonds. The van der Waals surface area contributed by atoms with Gasteiger partial charge >= 0.3 is 53.7 Å². The number of aromatic nitrogens is 12. The maximum Gasteiger partial charge on any atom is 0.320 e. The molecule has 0 aliphatic rings. The van der Waals surface area contributed by atoms with Gasteiger partial charge in [-0.1, -0.05) is 0 Å². The van der Waals surface area contributed by atoms with E-state index in [4.69, 9.17) is 80.4 Å². The van der Waals surface area contributed by atoms with Gasteiger partial charge in [0.25, 0.3) is 0 Å². The molecule has 0 radical (unpaired) electrons. The topological polar surface area (TPSA) is 667 Å². The molecule has 27 N–H and O–H groups in total. The van der Waals surface area contributed by atoms with Gasteiger partial charge < -0.3 is 110 Å². The maximum absolute atomic E-state index is 10.3. The fourth-order valence-corrected chi connectivity index (χ4v) is 5.03. The standard InChI is InChI=1S/6C6H9N3O2.C6H9NO6.Ni/c6*7-5(6(10)11)1-4-2-8-3-9-4;8-4(9)1-7(2-5(10)11)3-6(12)13;/h6*2-3,5H,1,7H2,(H,8,9)(H,10,11);1-3H2,(H,8,9)(H,10,11)(H,12,13);.